The Morgan fingerprint density at radius 2 is 1.72 bits per heavy atom. The van der Waals surface area contributed by atoms with E-state index in [9.17, 15) is 9.59 Å². The van der Waals surface area contributed by atoms with Gasteiger partial charge in [-0.3, -0.25) is 9.59 Å². The van der Waals surface area contributed by atoms with E-state index in [0.29, 0.717) is 12.8 Å². The summed E-state index contributed by atoms with van der Waals surface area (Å²) in [5.74, 6) is -0.0631. The summed E-state index contributed by atoms with van der Waals surface area (Å²) in [7, 11) is 0. The maximum atomic E-state index is 12.4. The van der Waals surface area contributed by atoms with Crippen molar-refractivity contribution in [2.24, 2.45) is 10.8 Å². The molecule has 1 rings (SSSR count). The molecule has 0 aromatic heterocycles. The zero-order valence-corrected chi connectivity index (χ0v) is 16.2. The molecule has 2 unspecified atom stereocenters. The lowest BCUT2D eigenvalue weighted by atomic mass is 9.69. The molecule has 1 N–H and O–H groups in total. The predicted octanol–water partition coefficient (Wildman–Crippen LogP) is 4.12. The van der Waals surface area contributed by atoms with Crippen LogP contribution in [-0.2, 0) is 14.3 Å². The summed E-state index contributed by atoms with van der Waals surface area (Å²) >= 11 is 0. The van der Waals surface area contributed by atoms with Crippen LogP contribution in [0.4, 0.5) is 0 Å². The molecule has 4 heteroatoms. The van der Waals surface area contributed by atoms with Crippen molar-refractivity contribution in [3.63, 3.8) is 0 Å². The van der Waals surface area contributed by atoms with E-state index in [1.807, 2.05) is 45.9 Å². The third-order valence-corrected chi connectivity index (χ3v) is 5.23. The van der Waals surface area contributed by atoms with E-state index in [-0.39, 0.29) is 30.9 Å². The SMILES string of the molecule is CCC(C)(CC(CC(C)(C)C(=O)OCCO)c1ccccc1)C(C)=O. The van der Waals surface area contributed by atoms with Crippen molar-refractivity contribution in [1.29, 1.82) is 0 Å². The highest BCUT2D eigenvalue weighted by Gasteiger charge is 2.37. The maximum absolute atomic E-state index is 12.4. The van der Waals surface area contributed by atoms with Crippen LogP contribution in [-0.4, -0.2) is 30.1 Å². The van der Waals surface area contributed by atoms with Gasteiger partial charge in [-0.15, -0.1) is 0 Å². The number of ether oxygens (including phenoxy) is 1. The predicted molar refractivity (Wildman–Crippen MR) is 99.3 cm³/mol. The van der Waals surface area contributed by atoms with Gasteiger partial charge in [0.05, 0.1) is 12.0 Å². The molecule has 0 fully saturated rings. The van der Waals surface area contributed by atoms with Gasteiger partial charge in [0.25, 0.3) is 0 Å². The highest BCUT2D eigenvalue weighted by atomic mass is 16.5. The molecule has 2 atom stereocenters. The molecule has 0 spiro atoms. The number of aliphatic hydroxyl groups is 1. The first-order valence-electron chi connectivity index (χ1n) is 9.00. The van der Waals surface area contributed by atoms with Crippen molar-refractivity contribution in [3.05, 3.63) is 35.9 Å². The standard InChI is InChI=1S/C21H32O4/c1-6-21(5,16(2)23)15-18(17-10-8-7-9-11-17)14-20(3,4)19(24)25-13-12-22/h7-11,18,22H,6,12-15H2,1-5H3. The Kier molecular flexibility index (Phi) is 7.81. The van der Waals surface area contributed by atoms with Crippen molar-refractivity contribution in [2.45, 2.75) is 59.8 Å². The zero-order valence-electron chi connectivity index (χ0n) is 16.2. The van der Waals surface area contributed by atoms with E-state index in [0.717, 1.165) is 12.0 Å². The Labute approximate surface area is 151 Å². The van der Waals surface area contributed by atoms with Crippen LogP contribution in [0.1, 0.15) is 65.4 Å². The summed E-state index contributed by atoms with van der Waals surface area (Å²) in [6, 6.07) is 10.0. The Bertz CT molecular complexity index is 565. The van der Waals surface area contributed by atoms with Crippen LogP contribution in [0.25, 0.3) is 0 Å². The lowest BCUT2D eigenvalue weighted by Gasteiger charge is -2.34. The van der Waals surface area contributed by atoms with E-state index in [2.05, 4.69) is 12.1 Å². The fourth-order valence-corrected chi connectivity index (χ4v) is 3.15. The van der Waals surface area contributed by atoms with E-state index >= 15 is 0 Å². The molecular weight excluding hydrogens is 316 g/mol. The highest BCUT2D eigenvalue weighted by molar-refractivity contribution is 5.82. The second-order valence-corrected chi connectivity index (χ2v) is 7.73. The van der Waals surface area contributed by atoms with Gasteiger partial charge in [-0.05, 0) is 51.5 Å². The monoisotopic (exact) mass is 348 g/mol. The molecule has 4 nitrogen and oxygen atoms in total. The lowest BCUT2D eigenvalue weighted by Crippen LogP contribution is -2.33. The smallest absolute Gasteiger partial charge is 0.311 e. The zero-order chi connectivity index (χ0) is 19.1. The molecule has 0 saturated carbocycles. The maximum Gasteiger partial charge on any atom is 0.311 e. The van der Waals surface area contributed by atoms with Gasteiger partial charge < -0.3 is 9.84 Å². The van der Waals surface area contributed by atoms with Gasteiger partial charge >= 0.3 is 5.97 Å². The van der Waals surface area contributed by atoms with Gasteiger partial charge in [0, 0.05) is 5.41 Å². The minimum Gasteiger partial charge on any atom is -0.463 e. The number of carbonyl (C=O) groups excluding carboxylic acids is 2. The van der Waals surface area contributed by atoms with Gasteiger partial charge in [-0.2, -0.15) is 0 Å². The van der Waals surface area contributed by atoms with Crippen molar-refractivity contribution in [2.75, 3.05) is 13.2 Å². The molecule has 0 amide bonds. The molecule has 0 radical (unpaired) electrons. The Hall–Kier alpha value is -1.68. The van der Waals surface area contributed by atoms with E-state index in [1.165, 1.54) is 0 Å². The van der Waals surface area contributed by atoms with Crippen molar-refractivity contribution >= 4 is 11.8 Å². The quantitative estimate of drug-likeness (QED) is 0.646. The fourth-order valence-electron chi connectivity index (χ4n) is 3.15. The molecule has 0 aliphatic heterocycles. The van der Waals surface area contributed by atoms with E-state index in [1.54, 1.807) is 6.92 Å². The lowest BCUT2D eigenvalue weighted by molar-refractivity contribution is -0.155. The van der Waals surface area contributed by atoms with E-state index in [4.69, 9.17) is 9.84 Å². The molecule has 0 heterocycles. The number of aliphatic hydroxyl groups excluding tert-OH is 1. The molecule has 1 aromatic rings. The fraction of sp³-hybridized carbons (Fsp3) is 0.619. The number of esters is 1. The average Bonchev–Trinajstić information content (AvgIpc) is 2.59. The largest absolute Gasteiger partial charge is 0.463 e. The number of rotatable bonds is 10. The number of carbonyl (C=O) groups is 2. The molecule has 0 bridgehead atoms. The first-order chi connectivity index (χ1) is 11.7. The number of Topliss-reactive ketones (excluding diaryl/α,β-unsaturated/α-hetero) is 1. The third kappa shape index (κ3) is 5.96. The Morgan fingerprint density at radius 3 is 2.20 bits per heavy atom. The van der Waals surface area contributed by atoms with Gasteiger partial charge in [0.1, 0.15) is 12.4 Å². The summed E-state index contributed by atoms with van der Waals surface area (Å²) in [6.07, 6.45) is 2.05. The van der Waals surface area contributed by atoms with Crippen LogP contribution in [0.5, 0.6) is 0 Å². The number of hydrogen-bond acceptors (Lipinski definition) is 4. The van der Waals surface area contributed by atoms with Crippen molar-refractivity contribution in [1.82, 2.24) is 0 Å². The first-order valence-corrected chi connectivity index (χ1v) is 9.00. The van der Waals surface area contributed by atoms with Crippen molar-refractivity contribution < 1.29 is 19.4 Å². The minimum atomic E-state index is -0.693. The molecule has 0 aliphatic carbocycles. The summed E-state index contributed by atoms with van der Waals surface area (Å²) in [4.78, 5) is 24.5. The van der Waals surface area contributed by atoms with Crippen LogP contribution in [0, 0.1) is 10.8 Å². The summed E-state index contributed by atoms with van der Waals surface area (Å²) in [5.41, 5.74) is 0.0265. The van der Waals surface area contributed by atoms with Gasteiger partial charge in [-0.25, -0.2) is 0 Å². The summed E-state index contributed by atoms with van der Waals surface area (Å²) in [6.45, 7) is 9.23. The van der Waals surface area contributed by atoms with Gasteiger partial charge in [0.2, 0.25) is 0 Å². The van der Waals surface area contributed by atoms with Crippen LogP contribution in [0.3, 0.4) is 0 Å². The topological polar surface area (TPSA) is 63.6 Å². The van der Waals surface area contributed by atoms with Crippen LogP contribution >= 0.6 is 0 Å². The second kappa shape index (κ2) is 9.14. The first kappa shape index (κ1) is 21.4. The molecule has 0 saturated heterocycles. The molecule has 25 heavy (non-hydrogen) atoms. The number of benzene rings is 1. The molecular formula is C21H32O4. The summed E-state index contributed by atoms with van der Waals surface area (Å²) < 4.78 is 5.14. The van der Waals surface area contributed by atoms with Crippen LogP contribution in [0.2, 0.25) is 0 Å². The molecule has 1 aromatic carbocycles. The molecule has 140 valence electrons. The number of ketones is 1. The summed E-state index contributed by atoms with van der Waals surface area (Å²) in [5, 5.41) is 8.87. The van der Waals surface area contributed by atoms with Crippen molar-refractivity contribution in [3.8, 4) is 0 Å². The second-order valence-electron chi connectivity index (χ2n) is 7.73. The minimum absolute atomic E-state index is 0.0123. The van der Waals surface area contributed by atoms with Crippen LogP contribution < -0.4 is 0 Å². The highest BCUT2D eigenvalue weighted by Crippen LogP contribution is 2.42. The normalized spacial score (nSPS) is 15.3. The van der Waals surface area contributed by atoms with Gasteiger partial charge in [-0.1, -0.05) is 44.2 Å². The molecule has 0 aliphatic rings. The Balaban J connectivity index is 3.08. The Morgan fingerprint density at radius 1 is 1.12 bits per heavy atom. The number of hydrogen-bond donors (Lipinski definition) is 1. The van der Waals surface area contributed by atoms with E-state index < -0.39 is 10.8 Å². The average molecular weight is 348 g/mol. The third-order valence-electron chi connectivity index (χ3n) is 5.23. The van der Waals surface area contributed by atoms with Gasteiger partial charge in [0.15, 0.2) is 0 Å². The van der Waals surface area contributed by atoms with Crippen LogP contribution in [0.15, 0.2) is 30.3 Å².